The van der Waals surface area contributed by atoms with Gasteiger partial charge in [0.25, 0.3) is 0 Å². The first-order valence-electron chi connectivity index (χ1n) is 6.46. The summed E-state index contributed by atoms with van der Waals surface area (Å²) in [6.45, 7) is 0.0305. The molecule has 4 N–H and O–H groups in total. The van der Waals surface area contributed by atoms with Gasteiger partial charge in [0.15, 0.2) is 23.8 Å². The van der Waals surface area contributed by atoms with Gasteiger partial charge in [0.05, 0.1) is 6.33 Å². The second-order valence-electron chi connectivity index (χ2n) is 5.07. The van der Waals surface area contributed by atoms with Gasteiger partial charge in [-0.25, -0.2) is 19.8 Å². The maximum absolute atomic E-state index is 10.4. The molecule has 0 bridgehead atoms. The van der Waals surface area contributed by atoms with Gasteiger partial charge >= 0.3 is 15.4 Å². The number of fused-ring (bicyclic) bond motifs is 2. The molecule has 22 heavy (non-hydrogen) atoms. The Morgan fingerprint density at radius 2 is 2.23 bits per heavy atom. The summed E-state index contributed by atoms with van der Waals surface area (Å²) in [5.41, 5.74) is 6.57. The van der Waals surface area contributed by atoms with E-state index in [9.17, 15) is 10.00 Å². The number of anilines is 1. The fourth-order valence-electron chi connectivity index (χ4n) is 2.66. The van der Waals surface area contributed by atoms with E-state index in [2.05, 4.69) is 15.0 Å². The fourth-order valence-corrected chi connectivity index (χ4v) is 3.69. The average Bonchev–Trinajstić information content (AvgIpc) is 3.01. The molecule has 2 unspecified atom stereocenters. The van der Waals surface area contributed by atoms with E-state index in [4.69, 9.17) is 27.1 Å². The van der Waals surface area contributed by atoms with Crippen molar-refractivity contribution in [3.63, 3.8) is 0 Å². The topological polar surface area (TPSA) is 138 Å². The highest BCUT2D eigenvalue weighted by Gasteiger charge is 2.56. The van der Waals surface area contributed by atoms with E-state index in [1.54, 1.807) is 0 Å². The Morgan fingerprint density at radius 3 is 3.05 bits per heavy atom. The normalized spacial score (nSPS) is 38.3. The van der Waals surface area contributed by atoms with Crippen molar-refractivity contribution in [1.82, 2.24) is 19.5 Å². The molecule has 2 fully saturated rings. The van der Waals surface area contributed by atoms with Crippen LogP contribution in [0.5, 0.6) is 0 Å². The quantitative estimate of drug-likeness (QED) is 0.441. The Labute approximate surface area is 126 Å². The number of nitrogens with zero attached hydrogens (tertiary/aromatic N) is 4. The molecule has 0 spiro atoms. The lowest BCUT2D eigenvalue weighted by atomic mass is 10.1. The zero-order valence-corrected chi connectivity index (χ0v) is 12.1. The van der Waals surface area contributed by atoms with Crippen molar-refractivity contribution in [2.75, 3.05) is 12.3 Å². The van der Waals surface area contributed by atoms with Crippen LogP contribution in [0.4, 0.5) is 5.82 Å². The van der Waals surface area contributed by atoms with E-state index < -0.39 is 32.4 Å². The maximum Gasteiger partial charge on any atom is 0.488 e. The minimum absolute atomic E-state index is 0.0305. The summed E-state index contributed by atoms with van der Waals surface area (Å²) >= 11 is 0. The van der Waals surface area contributed by atoms with Crippen LogP contribution in [0.3, 0.4) is 0 Å². The number of hydrogen-bond acceptors (Lipinski definition) is 9. The van der Waals surface area contributed by atoms with E-state index >= 15 is 0 Å². The van der Waals surface area contributed by atoms with Crippen LogP contribution in [0.15, 0.2) is 12.7 Å². The van der Waals surface area contributed by atoms with Crippen molar-refractivity contribution in [1.29, 1.82) is 0 Å². The molecule has 0 aliphatic carbocycles. The smallest absolute Gasteiger partial charge is 0.385 e. The highest BCUT2D eigenvalue weighted by molar-refractivity contribution is 7.85. The number of rotatable bonds is 1. The highest BCUT2D eigenvalue weighted by atomic mass is 31.2. The summed E-state index contributed by atoms with van der Waals surface area (Å²) in [5, 5.41) is 10.4. The molecule has 114 valence electrons. The molecule has 0 amide bonds. The monoisotopic (exact) mass is 324 g/mol. The molecule has 0 saturated carbocycles. The Balaban J connectivity index is 1.70. The van der Waals surface area contributed by atoms with Crippen LogP contribution in [0.2, 0.25) is 0 Å². The first-order chi connectivity index (χ1) is 10.5. The van der Waals surface area contributed by atoms with Gasteiger partial charge < -0.3 is 15.6 Å². The maximum atomic E-state index is 10.4. The molecule has 4 rings (SSSR count). The SMILES string of the molecule is [B][P+]1(O)OC[C@H]2O[C@@H](n3cnc4c(N)ncnc43)C(O)[C@@H]2O1. The Bertz CT molecular complexity index is 729. The van der Waals surface area contributed by atoms with E-state index in [1.807, 2.05) is 0 Å². The van der Waals surface area contributed by atoms with Gasteiger partial charge in [0.2, 0.25) is 0 Å². The number of aliphatic hydroxyl groups is 1. The molecule has 2 aliphatic heterocycles. The van der Waals surface area contributed by atoms with Gasteiger partial charge in [-0.05, 0) is 0 Å². The van der Waals surface area contributed by atoms with Gasteiger partial charge in [0.1, 0.15) is 30.7 Å². The molecule has 2 saturated heterocycles. The van der Waals surface area contributed by atoms with Crippen LogP contribution in [0, 0.1) is 0 Å². The Morgan fingerprint density at radius 1 is 1.41 bits per heavy atom. The number of ether oxygens (including phenoxy) is 1. The van der Waals surface area contributed by atoms with Gasteiger partial charge in [-0.2, -0.15) is 9.05 Å². The third-order valence-corrected chi connectivity index (χ3v) is 4.73. The lowest BCUT2D eigenvalue weighted by Gasteiger charge is -2.27. The summed E-state index contributed by atoms with van der Waals surface area (Å²) in [7, 11) is 2.06. The van der Waals surface area contributed by atoms with Crippen molar-refractivity contribution in [2.45, 2.75) is 24.5 Å². The summed E-state index contributed by atoms with van der Waals surface area (Å²) < 4.78 is 17.5. The van der Waals surface area contributed by atoms with Crippen molar-refractivity contribution in [2.24, 2.45) is 0 Å². The molecule has 10 nitrogen and oxygen atoms in total. The number of nitrogen functional groups attached to an aromatic ring is 1. The van der Waals surface area contributed by atoms with Crippen LogP contribution in [0.25, 0.3) is 11.2 Å². The predicted molar refractivity (Wildman–Crippen MR) is 75.4 cm³/mol. The molecule has 12 heteroatoms. The predicted octanol–water partition coefficient (Wildman–Crippen LogP) is -1.08. The largest absolute Gasteiger partial charge is 0.488 e. The zero-order valence-electron chi connectivity index (χ0n) is 11.2. The Hall–Kier alpha value is -1.36. The average molecular weight is 324 g/mol. The number of hydrogen-bond donors (Lipinski definition) is 3. The summed E-state index contributed by atoms with van der Waals surface area (Å²) in [6.07, 6.45) is -0.479. The van der Waals surface area contributed by atoms with E-state index in [1.165, 1.54) is 17.2 Å². The van der Waals surface area contributed by atoms with E-state index in [0.29, 0.717) is 11.2 Å². The van der Waals surface area contributed by atoms with Crippen LogP contribution in [-0.4, -0.2) is 62.0 Å². The minimum atomic E-state index is -3.41. The molecule has 5 atom stereocenters. The van der Waals surface area contributed by atoms with Gasteiger partial charge in [-0.3, -0.25) is 4.57 Å². The van der Waals surface area contributed by atoms with Gasteiger partial charge in [-0.1, -0.05) is 0 Å². The minimum Gasteiger partial charge on any atom is -0.385 e. The van der Waals surface area contributed by atoms with Gasteiger partial charge in [0, 0.05) is 0 Å². The first kappa shape index (κ1) is 14.3. The molecular formula is C10H12BN5O5P+. The summed E-state index contributed by atoms with van der Waals surface area (Å²) in [4.78, 5) is 21.8. The van der Waals surface area contributed by atoms with Crippen LogP contribution < -0.4 is 5.73 Å². The van der Waals surface area contributed by atoms with Crippen LogP contribution in [0.1, 0.15) is 6.23 Å². The number of imidazole rings is 1. The number of aliphatic hydroxyl groups excluding tert-OH is 1. The van der Waals surface area contributed by atoms with Crippen molar-refractivity contribution < 1.29 is 23.8 Å². The lowest BCUT2D eigenvalue weighted by molar-refractivity contribution is -0.0603. The van der Waals surface area contributed by atoms with E-state index in [0.717, 1.165) is 0 Å². The third kappa shape index (κ3) is 2.09. The van der Waals surface area contributed by atoms with Crippen LogP contribution in [-0.2, 0) is 13.8 Å². The molecule has 2 aromatic rings. The Kier molecular flexibility index (Phi) is 3.12. The zero-order chi connectivity index (χ0) is 15.5. The van der Waals surface area contributed by atoms with Gasteiger partial charge in [-0.15, -0.1) is 0 Å². The first-order valence-corrected chi connectivity index (χ1v) is 8.11. The third-order valence-electron chi connectivity index (χ3n) is 3.67. The highest BCUT2D eigenvalue weighted by Crippen LogP contribution is 2.58. The molecule has 2 radical (unpaired) electrons. The fraction of sp³-hybridized carbons (Fsp3) is 0.500. The second-order valence-corrected chi connectivity index (χ2v) is 6.67. The lowest BCUT2D eigenvalue weighted by Crippen LogP contribution is -2.40. The standard InChI is InChI=1S/C10H12BN5O5P/c11-22(18)19-1-4-7(21-22)6(17)10(20-4)16-3-15-5-8(12)13-2-14-9(5)16/h2-4,6-7,10,17-18H,1H2,(H2,12,13,14)/q+1/t4-,6?,7-,10-,22?/m1/s1. The van der Waals surface area contributed by atoms with E-state index in [-0.39, 0.29) is 12.4 Å². The summed E-state index contributed by atoms with van der Waals surface area (Å²) in [6, 6.07) is 0. The van der Waals surface area contributed by atoms with Crippen molar-refractivity contribution in [3.8, 4) is 0 Å². The van der Waals surface area contributed by atoms with Crippen molar-refractivity contribution >= 4 is 32.4 Å². The number of aromatic nitrogens is 4. The van der Waals surface area contributed by atoms with Crippen molar-refractivity contribution in [3.05, 3.63) is 12.7 Å². The molecule has 2 aliphatic rings. The second kappa shape index (κ2) is 4.82. The molecule has 0 aromatic carbocycles. The number of nitrogens with two attached hydrogens (primary N) is 1. The molecule has 4 heterocycles. The summed E-state index contributed by atoms with van der Waals surface area (Å²) in [5.74, 6) is 0.232. The molecule has 2 aromatic heterocycles. The molecular weight excluding hydrogens is 312 g/mol. The van der Waals surface area contributed by atoms with Crippen LogP contribution >= 0.6 is 7.82 Å².